The lowest BCUT2D eigenvalue weighted by Gasteiger charge is -2.12. The first kappa shape index (κ1) is 25.4. The second-order valence-corrected chi connectivity index (χ2v) is 8.47. The number of ether oxygens (including phenoxy) is 3. The van der Waals surface area contributed by atoms with E-state index in [9.17, 15) is 4.79 Å². The van der Waals surface area contributed by atoms with E-state index in [-0.39, 0.29) is 13.2 Å². The van der Waals surface area contributed by atoms with Crippen molar-refractivity contribution in [2.45, 2.75) is 20.1 Å². The van der Waals surface area contributed by atoms with E-state index in [1.54, 1.807) is 48.5 Å². The van der Waals surface area contributed by atoms with Gasteiger partial charge in [0.2, 0.25) is 11.8 Å². The maximum Gasteiger partial charge on any atom is 0.263 e. The number of hydrogen-bond acceptors (Lipinski definition) is 8. The van der Waals surface area contributed by atoms with Crippen molar-refractivity contribution in [3.05, 3.63) is 102 Å². The number of rotatable bonds is 11. The SMILES string of the molecule is COc1cc(COc2nn(-c3ccccc3)cc2C=CC(N)=O)ccc1OCc1nc(-c2ccco2)oc1C. The molecule has 3 aromatic heterocycles. The van der Waals surface area contributed by atoms with Crippen LogP contribution >= 0.6 is 0 Å². The molecule has 0 aliphatic heterocycles. The Kier molecular flexibility index (Phi) is 7.44. The van der Waals surface area contributed by atoms with E-state index in [0.717, 1.165) is 11.3 Å². The molecule has 39 heavy (non-hydrogen) atoms. The van der Waals surface area contributed by atoms with E-state index in [4.69, 9.17) is 28.8 Å². The van der Waals surface area contributed by atoms with Crippen LogP contribution in [-0.2, 0) is 18.0 Å². The van der Waals surface area contributed by atoms with Gasteiger partial charge in [-0.1, -0.05) is 24.3 Å². The Morgan fingerprint density at radius 3 is 2.64 bits per heavy atom. The molecular formula is C29H26N4O6. The average Bonchev–Trinajstić information content (AvgIpc) is 3.70. The first-order valence-electron chi connectivity index (χ1n) is 12.1. The molecule has 0 fully saturated rings. The summed E-state index contributed by atoms with van der Waals surface area (Å²) < 4.78 is 30.3. The van der Waals surface area contributed by atoms with Crippen molar-refractivity contribution in [2.75, 3.05) is 7.11 Å². The molecule has 0 atom stereocenters. The Morgan fingerprint density at radius 1 is 1.05 bits per heavy atom. The number of hydrogen-bond donors (Lipinski definition) is 1. The summed E-state index contributed by atoms with van der Waals surface area (Å²) in [4.78, 5) is 15.8. The van der Waals surface area contributed by atoms with Crippen molar-refractivity contribution >= 4 is 12.0 Å². The van der Waals surface area contributed by atoms with Crippen molar-refractivity contribution in [1.82, 2.24) is 14.8 Å². The van der Waals surface area contributed by atoms with Crippen LogP contribution in [0.5, 0.6) is 17.4 Å². The number of primary amides is 1. The summed E-state index contributed by atoms with van der Waals surface area (Å²) in [6.45, 7) is 2.21. The van der Waals surface area contributed by atoms with E-state index in [1.807, 2.05) is 49.4 Å². The number of para-hydroxylation sites is 1. The van der Waals surface area contributed by atoms with Crippen LogP contribution in [0.15, 0.2) is 88.0 Å². The molecule has 3 heterocycles. The van der Waals surface area contributed by atoms with Crippen LogP contribution in [0.2, 0.25) is 0 Å². The number of carbonyl (C=O) groups is 1. The quantitative estimate of drug-likeness (QED) is 0.236. The Bertz CT molecular complexity index is 1590. The number of benzene rings is 2. The standard InChI is InChI=1S/C29H26N4O6/c1-19-23(31-29(39-19)25-9-6-14-36-25)18-37-24-12-10-20(15-26(24)35-2)17-38-28-21(11-13-27(30)34)16-33(32-28)22-7-4-3-5-8-22/h3-16H,17-18H2,1-2H3,(H2,30,34). The highest BCUT2D eigenvalue weighted by Gasteiger charge is 2.16. The topological polar surface area (TPSA) is 128 Å². The lowest BCUT2D eigenvalue weighted by atomic mass is 10.2. The summed E-state index contributed by atoms with van der Waals surface area (Å²) in [5, 5.41) is 4.54. The minimum absolute atomic E-state index is 0.189. The number of aryl methyl sites for hydroxylation is 1. The largest absolute Gasteiger partial charge is 0.493 e. The van der Waals surface area contributed by atoms with Gasteiger partial charge in [0, 0.05) is 12.3 Å². The molecule has 10 nitrogen and oxygen atoms in total. The number of nitrogens with two attached hydrogens (primary N) is 1. The molecule has 0 saturated heterocycles. The Labute approximate surface area is 224 Å². The molecule has 0 bridgehead atoms. The fraction of sp³-hybridized carbons (Fsp3) is 0.138. The minimum Gasteiger partial charge on any atom is -0.493 e. The third kappa shape index (κ3) is 6.02. The van der Waals surface area contributed by atoms with Gasteiger partial charge in [-0.2, -0.15) is 0 Å². The Balaban J connectivity index is 1.29. The van der Waals surface area contributed by atoms with E-state index in [1.165, 1.54) is 6.08 Å². The molecule has 0 unspecified atom stereocenters. The summed E-state index contributed by atoms with van der Waals surface area (Å²) in [6.07, 6.45) is 6.17. The second kappa shape index (κ2) is 11.4. The number of methoxy groups -OCH3 is 1. The number of carbonyl (C=O) groups excluding carboxylic acids is 1. The minimum atomic E-state index is -0.563. The van der Waals surface area contributed by atoms with Gasteiger partial charge in [-0.05, 0) is 55.0 Å². The zero-order valence-corrected chi connectivity index (χ0v) is 21.4. The van der Waals surface area contributed by atoms with Crippen molar-refractivity contribution in [1.29, 1.82) is 0 Å². The van der Waals surface area contributed by atoms with E-state index in [0.29, 0.717) is 46.0 Å². The number of oxazole rings is 1. The zero-order valence-electron chi connectivity index (χ0n) is 21.4. The van der Waals surface area contributed by atoms with Crippen LogP contribution in [0.1, 0.15) is 22.6 Å². The fourth-order valence-electron chi connectivity index (χ4n) is 3.77. The van der Waals surface area contributed by atoms with E-state index >= 15 is 0 Å². The van der Waals surface area contributed by atoms with Gasteiger partial charge in [-0.15, -0.1) is 5.10 Å². The second-order valence-electron chi connectivity index (χ2n) is 8.47. The maximum absolute atomic E-state index is 11.3. The first-order valence-corrected chi connectivity index (χ1v) is 12.1. The molecular weight excluding hydrogens is 500 g/mol. The van der Waals surface area contributed by atoms with Gasteiger partial charge in [-0.25, -0.2) is 9.67 Å². The third-order valence-electron chi connectivity index (χ3n) is 5.75. The average molecular weight is 527 g/mol. The van der Waals surface area contributed by atoms with Crippen molar-refractivity contribution in [3.8, 4) is 34.7 Å². The number of amides is 1. The van der Waals surface area contributed by atoms with Crippen LogP contribution in [0.25, 0.3) is 23.4 Å². The summed E-state index contributed by atoms with van der Waals surface area (Å²) in [5.74, 6) is 2.45. The van der Waals surface area contributed by atoms with Crippen LogP contribution in [0, 0.1) is 6.92 Å². The van der Waals surface area contributed by atoms with Crippen LogP contribution in [0.4, 0.5) is 0 Å². The molecule has 1 amide bonds. The normalized spacial score (nSPS) is 11.1. The number of furan rings is 1. The van der Waals surface area contributed by atoms with Gasteiger partial charge in [0.05, 0.1) is 24.6 Å². The van der Waals surface area contributed by atoms with E-state index < -0.39 is 5.91 Å². The Hall–Kier alpha value is -5.25. The molecule has 0 spiro atoms. The monoisotopic (exact) mass is 526 g/mol. The van der Waals surface area contributed by atoms with Crippen LogP contribution < -0.4 is 19.9 Å². The summed E-state index contributed by atoms with van der Waals surface area (Å²) in [5.41, 5.74) is 8.23. The summed E-state index contributed by atoms with van der Waals surface area (Å²) >= 11 is 0. The molecule has 2 N–H and O–H groups in total. The third-order valence-corrected chi connectivity index (χ3v) is 5.75. The molecule has 0 aliphatic carbocycles. The van der Waals surface area contributed by atoms with Gasteiger partial charge in [0.15, 0.2) is 17.3 Å². The van der Waals surface area contributed by atoms with Gasteiger partial charge in [0.25, 0.3) is 5.89 Å². The highest BCUT2D eigenvalue weighted by molar-refractivity contribution is 5.90. The Morgan fingerprint density at radius 2 is 1.90 bits per heavy atom. The predicted molar refractivity (Wildman–Crippen MR) is 142 cm³/mol. The predicted octanol–water partition coefficient (Wildman–Crippen LogP) is 5.09. The van der Waals surface area contributed by atoms with Gasteiger partial charge < -0.3 is 28.8 Å². The molecule has 0 radical (unpaired) electrons. The lowest BCUT2D eigenvalue weighted by molar-refractivity contribution is -0.113. The summed E-state index contributed by atoms with van der Waals surface area (Å²) in [6, 6.07) is 18.6. The highest BCUT2D eigenvalue weighted by Crippen LogP contribution is 2.31. The van der Waals surface area contributed by atoms with Gasteiger partial charge >= 0.3 is 0 Å². The molecule has 2 aromatic carbocycles. The van der Waals surface area contributed by atoms with Crippen molar-refractivity contribution < 1.29 is 27.8 Å². The van der Waals surface area contributed by atoms with E-state index in [2.05, 4.69) is 10.1 Å². The number of nitrogens with zero attached hydrogens (tertiary/aromatic N) is 3. The highest BCUT2D eigenvalue weighted by atomic mass is 16.5. The maximum atomic E-state index is 11.3. The fourth-order valence-corrected chi connectivity index (χ4v) is 3.77. The van der Waals surface area contributed by atoms with Gasteiger partial charge in [-0.3, -0.25) is 4.79 Å². The molecule has 5 aromatic rings. The molecule has 198 valence electrons. The smallest absolute Gasteiger partial charge is 0.263 e. The molecule has 0 aliphatic rings. The summed E-state index contributed by atoms with van der Waals surface area (Å²) in [7, 11) is 1.57. The molecule has 5 rings (SSSR count). The van der Waals surface area contributed by atoms with Crippen LogP contribution in [0.3, 0.4) is 0 Å². The van der Waals surface area contributed by atoms with Crippen molar-refractivity contribution in [3.63, 3.8) is 0 Å². The van der Waals surface area contributed by atoms with Gasteiger partial charge in [0.1, 0.15) is 24.7 Å². The zero-order chi connectivity index (χ0) is 27.2. The van der Waals surface area contributed by atoms with Crippen molar-refractivity contribution in [2.24, 2.45) is 5.73 Å². The van der Waals surface area contributed by atoms with Crippen LogP contribution in [-0.4, -0.2) is 27.8 Å². The first-order chi connectivity index (χ1) is 19.0. The lowest BCUT2D eigenvalue weighted by Crippen LogP contribution is -2.05. The molecule has 0 saturated carbocycles. The molecule has 10 heteroatoms. The number of aromatic nitrogens is 3.